The molecular weight excluding hydrogens is 406 g/mol. The molecule has 3 aromatic rings. The predicted molar refractivity (Wildman–Crippen MR) is 107 cm³/mol. The quantitative estimate of drug-likeness (QED) is 0.323. The van der Waals surface area contributed by atoms with E-state index in [0.717, 1.165) is 16.6 Å². The van der Waals surface area contributed by atoms with Gasteiger partial charge in [0.15, 0.2) is 9.50 Å². The molecule has 11 heteroatoms. The van der Waals surface area contributed by atoms with Crippen LogP contribution in [0.3, 0.4) is 0 Å². The summed E-state index contributed by atoms with van der Waals surface area (Å²) in [5.74, 6) is -0.142. The molecule has 142 valence electrons. The Morgan fingerprint density at radius 3 is 2.93 bits per heavy atom. The van der Waals surface area contributed by atoms with Gasteiger partial charge in [-0.05, 0) is 31.5 Å². The van der Waals surface area contributed by atoms with Crippen LogP contribution < -0.4 is 5.32 Å². The Morgan fingerprint density at radius 2 is 2.11 bits per heavy atom. The number of carbonyl (C=O) groups is 2. The zero-order chi connectivity index (χ0) is 19.2. The summed E-state index contributed by atoms with van der Waals surface area (Å²) in [6, 6.07) is 5.96. The monoisotopic (exact) mass is 423 g/mol. The van der Waals surface area contributed by atoms with Gasteiger partial charge in [0.2, 0.25) is 11.0 Å². The number of hydrogen-bond acceptors (Lipinski definition) is 9. The first-order valence-electron chi connectivity index (χ1n) is 8.04. The molecule has 3 rings (SSSR count). The Labute approximate surface area is 167 Å². The van der Waals surface area contributed by atoms with E-state index in [0.29, 0.717) is 21.2 Å². The van der Waals surface area contributed by atoms with Crippen LogP contribution in [0, 0.1) is 6.92 Å². The van der Waals surface area contributed by atoms with Crippen molar-refractivity contribution < 1.29 is 14.3 Å². The summed E-state index contributed by atoms with van der Waals surface area (Å²) in [4.78, 5) is 31.1. The van der Waals surface area contributed by atoms with Crippen LogP contribution in [-0.2, 0) is 14.3 Å². The maximum Gasteiger partial charge on any atom is 0.316 e. The van der Waals surface area contributed by atoms with Crippen LogP contribution >= 0.6 is 34.9 Å². The summed E-state index contributed by atoms with van der Waals surface area (Å²) in [5.41, 5.74) is 2.97. The molecule has 0 saturated carbocycles. The van der Waals surface area contributed by atoms with Gasteiger partial charge in [-0.25, -0.2) is 4.98 Å². The number of fused-ring (bicyclic) bond motifs is 1. The highest BCUT2D eigenvalue weighted by Crippen LogP contribution is 2.26. The van der Waals surface area contributed by atoms with Crippen molar-refractivity contribution >= 4 is 62.9 Å². The normalized spacial score (nSPS) is 10.9. The van der Waals surface area contributed by atoms with E-state index in [2.05, 4.69) is 25.5 Å². The van der Waals surface area contributed by atoms with Gasteiger partial charge in [-0.15, -0.1) is 10.2 Å². The van der Waals surface area contributed by atoms with Crippen molar-refractivity contribution in [2.24, 2.45) is 0 Å². The van der Waals surface area contributed by atoms with Gasteiger partial charge in [0.1, 0.15) is 0 Å². The van der Waals surface area contributed by atoms with Crippen LogP contribution in [-0.4, -0.2) is 50.2 Å². The Balaban J connectivity index is 1.48. The lowest BCUT2D eigenvalue weighted by Crippen LogP contribution is -2.13. The first-order valence-corrected chi connectivity index (χ1v) is 10.8. The summed E-state index contributed by atoms with van der Waals surface area (Å²) in [6.07, 6.45) is 0. The van der Waals surface area contributed by atoms with Crippen LogP contribution in [0.4, 0.5) is 5.13 Å². The first kappa shape index (κ1) is 19.6. The molecule has 0 radical (unpaired) electrons. The number of thioether (sulfide) groups is 2. The second-order valence-electron chi connectivity index (χ2n) is 5.37. The second-order valence-corrected chi connectivity index (χ2v) is 8.53. The highest BCUT2D eigenvalue weighted by atomic mass is 32.2. The highest BCUT2D eigenvalue weighted by molar-refractivity contribution is 8.01. The molecule has 2 heterocycles. The number of aromatic nitrogens is 4. The van der Waals surface area contributed by atoms with Crippen LogP contribution in [0.5, 0.6) is 0 Å². The molecule has 0 aliphatic carbocycles. The van der Waals surface area contributed by atoms with Crippen LogP contribution in [0.25, 0.3) is 11.0 Å². The van der Waals surface area contributed by atoms with Gasteiger partial charge < -0.3 is 9.72 Å². The fourth-order valence-corrected chi connectivity index (χ4v) is 4.35. The minimum absolute atomic E-state index is 0.164. The molecular formula is C16H17N5O3S3. The highest BCUT2D eigenvalue weighted by Gasteiger charge is 2.12. The predicted octanol–water partition coefficient (Wildman–Crippen LogP) is 3.11. The van der Waals surface area contributed by atoms with Gasteiger partial charge in [-0.3, -0.25) is 14.9 Å². The summed E-state index contributed by atoms with van der Waals surface area (Å²) in [5, 5.41) is 11.6. The number of amides is 1. The first-order chi connectivity index (χ1) is 13.0. The van der Waals surface area contributed by atoms with E-state index >= 15 is 0 Å². The fourth-order valence-electron chi connectivity index (χ4n) is 2.10. The number of ether oxygens (including phenoxy) is 1. The third-order valence-corrected chi connectivity index (χ3v) is 6.05. The molecule has 0 fully saturated rings. The minimum Gasteiger partial charge on any atom is -0.465 e. The average molecular weight is 424 g/mol. The van der Waals surface area contributed by atoms with Crippen LogP contribution in [0.1, 0.15) is 12.5 Å². The largest absolute Gasteiger partial charge is 0.465 e. The van der Waals surface area contributed by atoms with Gasteiger partial charge in [0.05, 0.1) is 29.1 Å². The maximum absolute atomic E-state index is 12.1. The SMILES string of the molecule is CCOC(=O)CSc1nnc(NC(=O)CSc2nc3ccc(C)cc3[nH]2)s1. The van der Waals surface area contributed by atoms with Gasteiger partial charge in [-0.1, -0.05) is 40.9 Å². The number of rotatable bonds is 8. The summed E-state index contributed by atoms with van der Waals surface area (Å²) < 4.78 is 5.45. The number of nitrogens with zero attached hydrogens (tertiary/aromatic N) is 3. The number of esters is 1. The lowest BCUT2D eigenvalue weighted by Gasteiger charge is -1.99. The molecule has 27 heavy (non-hydrogen) atoms. The molecule has 0 unspecified atom stereocenters. The van der Waals surface area contributed by atoms with Crippen molar-refractivity contribution in [1.82, 2.24) is 20.2 Å². The number of aromatic amines is 1. The molecule has 8 nitrogen and oxygen atoms in total. The van der Waals surface area contributed by atoms with Crippen molar-refractivity contribution in [2.75, 3.05) is 23.4 Å². The molecule has 1 amide bonds. The summed E-state index contributed by atoms with van der Waals surface area (Å²) in [7, 11) is 0. The Hall–Kier alpha value is -2.11. The molecule has 2 N–H and O–H groups in total. The van der Waals surface area contributed by atoms with Crippen molar-refractivity contribution in [1.29, 1.82) is 0 Å². The van der Waals surface area contributed by atoms with Crippen LogP contribution in [0.15, 0.2) is 27.7 Å². The Kier molecular flexibility index (Phi) is 6.69. The number of hydrogen-bond donors (Lipinski definition) is 2. The van der Waals surface area contributed by atoms with E-state index in [1.54, 1.807) is 6.92 Å². The molecule has 0 saturated heterocycles. The van der Waals surface area contributed by atoms with E-state index in [4.69, 9.17) is 4.74 Å². The number of H-pyrrole nitrogens is 1. The van der Waals surface area contributed by atoms with Gasteiger partial charge in [0.25, 0.3) is 0 Å². The van der Waals surface area contributed by atoms with E-state index in [1.165, 1.54) is 34.9 Å². The van der Waals surface area contributed by atoms with Crippen molar-refractivity contribution in [3.63, 3.8) is 0 Å². The number of imidazole rings is 1. The Bertz CT molecular complexity index is 956. The van der Waals surface area contributed by atoms with Crippen molar-refractivity contribution in [3.8, 4) is 0 Å². The van der Waals surface area contributed by atoms with Gasteiger partial charge in [-0.2, -0.15) is 0 Å². The molecule has 0 aliphatic rings. The zero-order valence-corrected chi connectivity index (χ0v) is 17.1. The number of anilines is 1. The lowest BCUT2D eigenvalue weighted by molar-refractivity contribution is -0.139. The number of benzene rings is 1. The van der Waals surface area contributed by atoms with E-state index in [9.17, 15) is 9.59 Å². The fraction of sp³-hybridized carbons (Fsp3) is 0.312. The maximum atomic E-state index is 12.1. The van der Waals surface area contributed by atoms with E-state index < -0.39 is 0 Å². The van der Waals surface area contributed by atoms with Crippen molar-refractivity contribution in [3.05, 3.63) is 23.8 Å². The van der Waals surface area contributed by atoms with Crippen molar-refractivity contribution in [2.45, 2.75) is 23.3 Å². The number of nitrogens with one attached hydrogen (secondary N) is 2. The van der Waals surface area contributed by atoms with E-state index in [1.807, 2.05) is 25.1 Å². The molecule has 1 aromatic carbocycles. The van der Waals surface area contributed by atoms with Gasteiger partial charge >= 0.3 is 5.97 Å². The molecule has 0 bridgehead atoms. The third kappa shape index (κ3) is 5.68. The molecule has 0 spiro atoms. The number of carbonyl (C=O) groups excluding carboxylic acids is 2. The third-order valence-electron chi connectivity index (χ3n) is 3.23. The molecule has 2 aromatic heterocycles. The van der Waals surface area contributed by atoms with Gasteiger partial charge in [0, 0.05) is 0 Å². The number of aryl methyl sites for hydroxylation is 1. The topological polar surface area (TPSA) is 110 Å². The summed E-state index contributed by atoms with van der Waals surface area (Å²) >= 11 is 3.76. The second kappa shape index (κ2) is 9.20. The standard InChI is InChI=1S/C16H17N5O3S3/c1-3-24-13(23)8-26-16-21-20-15(27-16)19-12(22)7-25-14-17-10-5-4-9(2)6-11(10)18-14/h4-6H,3,7-8H2,1-2H3,(H,17,18)(H,19,20,22). The minimum atomic E-state index is -0.305. The Morgan fingerprint density at radius 1 is 1.26 bits per heavy atom. The average Bonchev–Trinajstić information content (AvgIpc) is 3.24. The lowest BCUT2D eigenvalue weighted by atomic mass is 10.2. The summed E-state index contributed by atoms with van der Waals surface area (Å²) in [6.45, 7) is 4.12. The van der Waals surface area contributed by atoms with E-state index in [-0.39, 0.29) is 23.4 Å². The smallest absolute Gasteiger partial charge is 0.316 e. The zero-order valence-electron chi connectivity index (χ0n) is 14.6. The van der Waals surface area contributed by atoms with Crippen LogP contribution in [0.2, 0.25) is 0 Å². The molecule has 0 atom stereocenters. The molecule has 0 aliphatic heterocycles.